The summed E-state index contributed by atoms with van der Waals surface area (Å²) in [5.41, 5.74) is 0.279. The number of para-hydroxylation sites is 1. The van der Waals surface area contributed by atoms with Gasteiger partial charge in [0.15, 0.2) is 12.1 Å². The smallest absolute Gasteiger partial charge is 0.268 e. The second-order valence-electron chi connectivity index (χ2n) is 5.03. The van der Waals surface area contributed by atoms with Crippen LogP contribution in [0.15, 0.2) is 59.5 Å². The summed E-state index contributed by atoms with van der Waals surface area (Å²) in [5, 5.41) is 0.446. The molecule has 0 amide bonds. The molecule has 23 heavy (non-hydrogen) atoms. The molecular weight excluding hydrogens is 314 g/mol. The van der Waals surface area contributed by atoms with E-state index in [2.05, 4.69) is 0 Å². The van der Waals surface area contributed by atoms with Crippen molar-refractivity contribution < 1.29 is 18.0 Å². The first-order valence-electron chi connectivity index (χ1n) is 6.88. The Kier molecular flexibility index (Phi) is 3.61. The van der Waals surface area contributed by atoms with Crippen molar-refractivity contribution in [3.05, 3.63) is 65.9 Å². The van der Waals surface area contributed by atoms with Crippen molar-refractivity contribution in [1.82, 2.24) is 3.97 Å². The maximum atomic E-state index is 13.0. The molecule has 0 atom stereocenters. The van der Waals surface area contributed by atoms with Gasteiger partial charge in [0.1, 0.15) is 5.69 Å². The zero-order valence-corrected chi connectivity index (χ0v) is 13.1. The first-order valence-corrected chi connectivity index (χ1v) is 8.32. The third-order valence-corrected chi connectivity index (χ3v) is 5.35. The van der Waals surface area contributed by atoms with Crippen molar-refractivity contribution in [2.24, 2.45) is 0 Å². The molecule has 5 nitrogen and oxygen atoms in total. The van der Waals surface area contributed by atoms with Crippen molar-refractivity contribution in [1.29, 1.82) is 0 Å². The number of aldehydes is 1. The molecule has 0 saturated heterocycles. The molecule has 1 heterocycles. The van der Waals surface area contributed by atoms with E-state index in [0.29, 0.717) is 17.2 Å². The lowest BCUT2D eigenvalue weighted by Gasteiger charge is -2.09. The van der Waals surface area contributed by atoms with Crippen LogP contribution in [0.2, 0.25) is 0 Å². The molecule has 0 radical (unpaired) electrons. The van der Waals surface area contributed by atoms with E-state index < -0.39 is 10.0 Å². The zero-order chi connectivity index (χ0) is 16.6. The number of fused-ring (bicyclic) bond motifs is 1. The number of aromatic nitrogens is 1. The lowest BCUT2D eigenvalue weighted by Crippen LogP contribution is -2.16. The Morgan fingerprint density at radius 3 is 2.22 bits per heavy atom. The molecule has 0 aliphatic heterocycles. The second-order valence-corrected chi connectivity index (χ2v) is 6.82. The molecule has 0 saturated carbocycles. The van der Waals surface area contributed by atoms with Crippen molar-refractivity contribution in [3.63, 3.8) is 0 Å². The second kappa shape index (κ2) is 5.48. The summed E-state index contributed by atoms with van der Waals surface area (Å²) in [5.74, 6) is -0.356. The van der Waals surface area contributed by atoms with E-state index in [9.17, 15) is 18.0 Å². The lowest BCUT2D eigenvalue weighted by atomic mass is 10.1. The van der Waals surface area contributed by atoms with Crippen LogP contribution in [-0.2, 0) is 10.0 Å². The quantitative estimate of drug-likeness (QED) is 0.545. The highest BCUT2D eigenvalue weighted by molar-refractivity contribution is 7.90. The number of hydrogen-bond acceptors (Lipinski definition) is 4. The number of ketones is 1. The molecule has 0 fully saturated rings. The molecule has 3 aromatic rings. The van der Waals surface area contributed by atoms with Crippen LogP contribution in [0.4, 0.5) is 0 Å². The summed E-state index contributed by atoms with van der Waals surface area (Å²) in [6.07, 6.45) is 0.414. The van der Waals surface area contributed by atoms with E-state index in [1.807, 2.05) is 0 Å². The van der Waals surface area contributed by atoms with Gasteiger partial charge in [-0.1, -0.05) is 36.4 Å². The Balaban J connectivity index is 2.48. The first kappa shape index (κ1) is 15.2. The van der Waals surface area contributed by atoms with Crippen LogP contribution in [-0.4, -0.2) is 24.5 Å². The maximum Gasteiger partial charge on any atom is 0.268 e. The SMILES string of the molecule is CC(=O)c1c(C=O)n(S(=O)(=O)c2ccccc2)c2ccccc12. The van der Waals surface area contributed by atoms with Crippen LogP contribution in [0.3, 0.4) is 0 Å². The molecule has 0 unspecified atom stereocenters. The van der Waals surface area contributed by atoms with Crippen LogP contribution in [0, 0.1) is 0 Å². The molecule has 0 aliphatic carbocycles. The lowest BCUT2D eigenvalue weighted by molar-refractivity contribution is 0.101. The summed E-state index contributed by atoms with van der Waals surface area (Å²) in [7, 11) is -3.99. The van der Waals surface area contributed by atoms with E-state index in [0.717, 1.165) is 3.97 Å². The number of nitrogens with zero attached hydrogens (tertiary/aromatic N) is 1. The minimum atomic E-state index is -3.99. The molecule has 116 valence electrons. The number of carbonyl (C=O) groups is 2. The Bertz CT molecular complexity index is 1020. The van der Waals surface area contributed by atoms with Gasteiger partial charge in [0.25, 0.3) is 10.0 Å². The molecule has 1 aromatic heterocycles. The van der Waals surface area contributed by atoms with E-state index >= 15 is 0 Å². The fourth-order valence-corrected chi connectivity index (χ4v) is 4.19. The molecule has 0 bridgehead atoms. The number of rotatable bonds is 4. The molecule has 2 aromatic carbocycles. The average Bonchev–Trinajstić information content (AvgIpc) is 2.90. The van der Waals surface area contributed by atoms with Gasteiger partial charge in [0, 0.05) is 5.39 Å². The van der Waals surface area contributed by atoms with Gasteiger partial charge in [-0.3, -0.25) is 9.59 Å². The van der Waals surface area contributed by atoms with Gasteiger partial charge in [0.05, 0.1) is 16.0 Å². The monoisotopic (exact) mass is 327 g/mol. The first-order chi connectivity index (χ1) is 11.0. The topological polar surface area (TPSA) is 73.2 Å². The molecule has 3 rings (SSSR count). The highest BCUT2D eigenvalue weighted by Crippen LogP contribution is 2.29. The summed E-state index contributed by atoms with van der Waals surface area (Å²) >= 11 is 0. The minimum absolute atomic E-state index is 0.0546. The third-order valence-electron chi connectivity index (χ3n) is 3.61. The van der Waals surface area contributed by atoms with E-state index in [-0.39, 0.29) is 21.9 Å². The van der Waals surface area contributed by atoms with Gasteiger partial charge in [-0.2, -0.15) is 0 Å². The molecule has 6 heteroatoms. The third kappa shape index (κ3) is 2.27. The Labute approximate surface area is 133 Å². The summed E-state index contributed by atoms with van der Waals surface area (Å²) < 4.78 is 26.9. The normalized spacial score (nSPS) is 11.5. The Morgan fingerprint density at radius 2 is 1.61 bits per heavy atom. The largest absolute Gasteiger partial charge is 0.296 e. The predicted octanol–water partition coefficient (Wildman–Crippen LogP) is 2.89. The van der Waals surface area contributed by atoms with Gasteiger partial charge >= 0.3 is 0 Å². The maximum absolute atomic E-state index is 13.0. The summed E-state index contributed by atoms with van der Waals surface area (Å²) in [4.78, 5) is 23.6. The van der Waals surface area contributed by atoms with E-state index in [1.165, 1.54) is 19.1 Å². The van der Waals surface area contributed by atoms with Gasteiger partial charge in [0.2, 0.25) is 0 Å². The fourth-order valence-electron chi connectivity index (χ4n) is 2.67. The summed E-state index contributed by atoms with van der Waals surface area (Å²) in [6, 6.07) is 14.4. The summed E-state index contributed by atoms with van der Waals surface area (Å²) in [6.45, 7) is 1.31. The van der Waals surface area contributed by atoms with E-state index in [1.54, 1.807) is 42.5 Å². The molecule has 0 spiro atoms. The van der Waals surface area contributed by atoms with Gasteiger partial charge < -0.3 is 0 Å². The number of hydrogen-bond donors (Lipinski definition) is 0. The zero-order valence-electron chi connectivity index (χ0n) is 12.3. The Morgan fingerprint density at radius 1 is 1.00 bits per heavy atom. The number of carbonyl (C=O) groups excluding carboxylic acids is 2. The minimum Gasteiger partial charge on any atom is -0.296 e. The van der Waals surface area contributed by atoms with Crippen molar-refractivity contribution in [3.8, 4) is 0 Å². The van der Waals surface area contributed by atoms with Crippen LogP contribution in [0.1, 0.15) is 27.8 Å². The fraction of sp³-hybridized carbons (Fsp3) is 0.0588. The molecule has 0 N–H and O–H groups in total. The predicted molar refractivity (Wildman–Crippen MR) is 86.4 cm³/mol. The standard InChI is InChI=1S/C17H13NO4S/c1-12(20)17-14-9-5-6-10-15(14)18(16(17)11-19)23(21,22)13-7-3-2-4-8-13/h2-11H,1H3. The van der Waals surface area contributed by atoms with Crippen LogP contribution in [0.25, 0.3) is 10.9 Å². The van der Waals surface area contributed by atoms with Crippen molar-refractivity contribution in [2.75, 3.05) is 0 Å². The van der Waals surface area contributed by atoms with Crippen molar-refractivity contribution in [2.45, 2.75) is 11.8 Å². The number of benzene rings is 2. The van der Waals surface area contributed by atoms with Gasteiger partial charge in [-0.25, -0.2) is 12.4 Å². The van der Waals surface area contributed by atoms with Gasteiger partial charge in [-0.15, -0.1) is 0 Å². The molecule has 0 aliphatic rings. The number of Topliss-reactive ketones (excluding diaryl/α,β-unsaturated/α-hetero) is 1. The Hall–Kier alpha value is -2.73. The van der Waals surface area contributed by atoms with Crippen LogP contribution in [0.5, 0.6) is 0 Å². The van der Waals surface area contributed by atoms with Crippen molar-refractivity contribution >= 4 is 33.0 Å². The van der Waals surface area contributed by atoms with Gasteiger partial charge in [-0.05, 0) is 25.1 Å². The van der Waals surface area contributed by atoms with Crippen LogP contribution < -0.4 is 0 Å². The molecular formula is C17H13NO4S. The average molecular weight is 327 g/mol. The highest BCUT2D eigenvalue weighted by Gasteiger charge is 2.27. The highest BCUT2D eigenvalue weighted by atomic mass is 32.2. The van der Waals surface area contributed by atoms with Crippen LogP contribution >= 0.6 is 0 Å². The van der Waals surface area contributed by atoms with E-state index in [4.69, 9.17) is 0 Å².